The Morgan fingerprint density at radius 1 is 1.32 bits per heavy atom. The highest BCUT2D eigenvalue weighted by Gasteiger charge is 2.16. The monoisotopic (exact) mass is 264 g/mol. The van der Waals surface area contributed by atoms with Crippen molar-refractivity contribution in [3.8, 4) is 11.9 Å². The van der Waals surface area contributed by atoms with Crippen molar-refractivity contribution in [2.45, 2.75) is 46.7 Å². The maximum atomic E-state index is 9.10. The summed E-state index contributed by atoms with van der Waals surface area (Å²) in [4.78, 5) is 2.36. The Hall–Kier alpha value is -1.54. The van der Waals surface area contributed by atoms with Gasteiger partial charge in [0.2, 0.25) is 5.88 Å². The molecule has 0 saturated carbocycles. The predicted molar refractivity (Wildman–Crippen MR) is 75.1 cm³/mol. The summed E-state index contributed by atoms with van der Waals surface area (Å²) >= 11 is 0. The highest BCUT2D eigenvalue weighted by atomic mass is 16.5. The summed E-state index contributed by atoms with van der Waals surface area (Å²) in [5.74, 6) is 0.562. The number of aryl methyl sites for hydroxylation is 2. The molecule has 0 unspecified atom stereocenters. The number of hydrogen-bond donors (Lipinski definition) is 0. The van der Waals surface area contributed by atoms with Crippen molar-refractivity contribution in [2.24, 2.45) is 7.05 Å². The lowest BCUT2D eigenvalue weighted by atomic mass is 10.2. The molecule has 0 aliphatic carbocycles. The van der Waals surface area contributed by atoms with Crippen LogP contribution in [0.5, 0.6) is 5.88 Å². The Bertz CT molecular complexity index is 449. The largest absolute Gasteiger partial charge is 0.476 e. The average molecular weight is 264 g/mol. The summed E-state index contributed by atoms with van der Waals surface area (Å²) in [6, 6.07) is 3.10. The van der Waals surface area contributed by atoms with Gasteiger partial charge >= 0.3 is 0 Å². The number of aromatic nitrogens is 2. The molecule has 5 heteroatoms. The van der Waals surface area contributed by atoms with Gasteiger partial charge in [-0.25, -0.2) is 4.68 Å². The zero-order valence-corrected chi connectivity index (χ0v) is 12.8. The van der Waals surface area contributed by atoms with Gasteiger partial charge in [-0.3, -0.25) is 4.90 Å². The second kappa shape index (κ2) is 6.58. The van der Waals surface area contributed by atoms with E-state index in [0.29, 0.717) is 35.8 Å². The van der Waals surface area contributed by atoms with Crippen LogP contribution in [0, 0.1) is 18.3 Å². The van der Waals surface area contributed by atoms with Crippen molar-refractivity contribution in [3.63, 3.8) is 0 Å². The highest BCUT2D eigenvalue weighted by Crippen LogP contribution is 2.20. The van der Waals surface area contributed by atoms with Gasteiger partial charge in [0, 0.05) is 25.7 Å². The van der Waals surface area contributed by atoms with Gasteiger partial charge in [0.1, 0.15) is 18.2 Å². The van der Waals surface area contributed by atoms with Crippen molar-refractivity contribution in [1.82, 2.24) is 14.7 Å². The second-order valence-electron chi connectivity index (χ2n) is 5.27. The van der Waals surface area contributed by atoms with Crippen LogP contribution in [-0.2, 0) is 7.05 Å². The summed E-state index contributed by atoms with van der Waals surface area (Å²) < 4.78 is 7.37. The summed E-state index contributed by atoms with van der Waals surface area (Å²) in [5, 5.41) is 13.3. The molecule has 0 saturated heterocycles. The lowest BCUT2D eigenvalue weighted by Gasteiger charge is -2.30. The normalized spacial score (nSPS) is 11.4. The van der Waals surface area contributed by atoms with Gasteiger partial charge in [-0.1, -0.05) is 0 Å². The van der Waals surface area contributed by atoms with Gasteiger partial charge in [-0.05, 0) is 34.6 Å². The summed E-state index contributed by atoms with van der Waals surface area (Å²) in [6.45, 7) is 11.9. The zero-order chi connectivity index (χ0) is 14.6. The maximum absolute atomic E-state index is 9.10. The highest BCUT2D eigenvalue weighted by molar-refractivity contribution is 5.41. The Labute approximate surface area is 115 Å². The maximum Gasteiger partial charge on any atom is 0.230 e. The van der Waals surface area contributed by atoms with Crippen molar-refractivity contribution >= 4 is 0 Å². The first-order valence-electron chi connectivity index (χ1n) is 6.70. The Morgan fingerprint density at radius 2 is 1.89 bits per heavy atom. The SMILES string of the molecule is Cc1nn(C)c(OCCN(C(C)C)C(C)C)c1C#N. The van der Waals surface area contributed by atoms with E-state index in [4.69, 9.17) is 10.00 Å². The minimum Gasteiger partial charge on any atom is -0.476 e. The van der Waals surface area contributed by atoms with Crippen LogP contribution < -0.4 is 4.74 Å². The van der Waals surface area contributed by atoms with E-state index < -0.39 is 0 Å². The molecule has 0 bridgehead atoms. The van der Waals surface area contributed by atoms with Crippen LogP contribution in [-0.4, -0.2) is 39.9 Å². The number of rotatable bonds is 6. The zero-order valence-electron chi connectivity index (χ0n) is 12.8. The second-order valence-corrected chi connectivity index (χ2v) is 5.27. The topological polar surface area (TPSA) is 54.1 Å². The number of ether oxygens (including phenoxy) is 1. The number of hydrogen-bond acceptors (Lipinski definition) is 4. The Morgan fingerprint density at radius 3 is 2.37 bits per heavy atom. The van der Waals surface area contributed by atoms with E-state index in [2.05, 4.69) is 43.8 Å². The lowest BCUT2D eigenvalue weighted by Crippen LogP contribution is -2.39. The van der Waals surface area contributed by atoms with E-state index >= 15 is 0 Å². The molecule has 0 aliphatic heterocycles. The van der Waals surface area contributed by atoms with Crippen LogP contribution in [0.15, 0.2) is 0 Å². The van der Waals surface area contributed by atoms with E-state index in [9.17, 15) is 0 Å². The van der Waals surface area contributed by atoms with Crippen molar-refractivity contribution < 1.29 is 4.74 Å². The molecule has 0 spiro atoms. The minimum atomic E-state index is 0.479. The molecule has 5 nitrogen and oxygen atoms in total. The van der Waals surface area contributed by atoms with Crippen LogP contribution in [0.25, 0.3) is 0 Å². The Balaban J connectivity index is 2.66. The van der Waals surface area contributed by atoms with Crippen LogP contribution in [0.4, 0.5) is 0 Å². The van der Waals surface area contributed by atoms with Gasteiger partial charge < -0.3 is 4.74 Å². The van der Waals surface area contributed by atoms with Crippen molar-refractivity contribution in [2.75, 3.05) is 13.2 Å². The third-order valence-corrected chi connectivity index (χ3v) is 3.20. The van der Waals surface area contributed by atoms with E-state index in [0.717, 1.165) is 6.54 Å². The van der Waals surface area contributed by atoms with E-state index in [-0.39, 0.29) is 0 Å². The molecule has 1 aromatic heterocycles. The van der Waals surface area contributed by atoms with Gasteiger partial charge in [0.25, 0.3) is 0 Å². The fourth-order valence-electron chi connectivity index (χ4n) is 2.29. The van der Waals surface area contributed by atoms with E-state index in [1.165, 1.54) is 0 Å². The number of nitrogens with zero attached hydrogens (tertiary/aromatic N) is 4. The lowest BCUT2D eigenvalue weighted by molar-refractivity contribution is 0.138. The third kappa shape index (κ3) is 3.71. The smallest absolute Gasteiger partial charge is 0.230 e. The van der Waals surface area contributed by atoms with Crippen molar-refractivity contribution in [1.29, 1.82) is 5.26 Å². The standard InChI is InChI=1S/C14H24N4O/c1-10(2)18(11(3)4)7-8-19-14-13(9-15)12(5)16-17(14)6/h10-11H,7-8H2,1-6H3. The molecule has 0 aliphatic rings. The molecule has 1 aromatic rings. The summed E-state index contributed by atoms with van der Waals surface area (Å²) in [7, 11) is 1.80. The van der Waals surface area contributed by atoms with E-state index in [1.807, 2.05) is 6.92 Å². The molecule has 106 valence electrons. The van der Waals surface area contributed by atoms with Gasteiger partial charge in [0.15, 0.2) is 0 Å². The Kier molecular flexibility index (Phi) is 5.37. The molecule has 0 fully saturated rings. The molecule has 0 aromatic carbocycles. The average Bonchev–Trinajstić information content (AvgIpc) is 2.57. The molecular formula is C14H24N4O. The fraction of sp³-hybridized carbons (Fsp3) is 0.714. The van der Waals surface area contributed by atoms with Crippen LogP contribution in [0.1, 0.15) is 39.0 Å². The molecular weight excluding hydrogens is 240 g/mol. The van der Waals surface area contributed by atoms with Crippen LogP contribution in [0.2, 0.25) is 0 Å². The summed E-state index contributed by atoms with van der Waals surface area (Å²) in [6.07, 6.45) is 0. The van der Waals surface area contributed by atoms with Gasteiger partial charge in [-0.2, -0.15) is 10.4 Å². The third-order valence-electron chi connectivity index (χ3n) is 3.20. The van der Waals surface area contributed by atoms with E-state index in [1.54, 1.807) is 11.7 Å². The summed E-state index contributed by atoms with van der Waals surface area (Å²) in [5.41, 5.74) is 1.24. The predicted octanol–water partition coefficient (Wildman–Crippen LogP) is 2.10. The van der Waals surface area contributed by atoms with Gasteiger partial charge in [-0.15, -0.1) is 0 Å². The first-order valence-corrected chi connectivity index (χ1v) is 6.70. The first-order chi connectivity index (χ1) is 8.88. The first kappa shape index (κ1) is 15.5. The molecule has 1 rings (SSSR count). The molecule has 1 heterocycles. The fourth-order valence-corrected chi connectivity index (χ4v) is 2.29. The quantitative estimate of drug-likeness (QED) is 0.789. The molecule has 0 radical (unpaired) electrons. The van der Waals surface area contributed by atoms with Crippen LogP contribution in [0.3, 0.4) is 0 Å². The number of nitriles is 1. The molecule has 0 N–H and O–H groups in total. The van der Waals surface area contributed by atoms with Gasteiger partial charge in [0.05, 0.1) is 5.69 Å². The molecule has 0 atom stereocenters. The van der Waals surface area contributed by atoms with Crippen molar-refractivity contribution in [3.05, 3.63) is 11.3 Å². The molecule has 19 heavy (non-hydrogen) atoms. The van der Waals surface area contributed by atoms with Crippen LogP contribution >= 0.6 is 0 Å². The molecule has 0 amide bonds. The minimum absolute atomic E-state index is 0.479.